The maximum absolute atomic E-state index is 9.64. The molecule has 1 aromatic rings. The Bertz CT molecular complexity index is 474. The van der Waals surface area contributed by atoms with E-state index < -0.39 is 0 Å². The number of pyridine rings is 1. The molecule has 3 heterocycles. The maximum Gasteiger partial charge on any atom is 0.127 e. The Morgan fingerprint density at radius 2 is 1.78 bits per heavy atom. The van der Waals surface area contributed by atoms with Crippen molar-refractivity contribution in [2.45, 2.75) is 44.4 Å². The van der Waals surface area contributed by atoms with Crippen LogP contribution in [0.15, 0.2) is 18.3 Å². The fraction of sp³-hybridized carbons (Fsp3) is 0.722. The minimum Gasteiger partial charge on any atom is -0.393 e. The molecule has 128 valence electrons. The highest BCUT2D eigenvalue weighted by molar-refractivity contribution is 5.37. The highest BCUT2D eigenvalue weighted by Gasteiger charge is 2.27. The van der Waals surface area contributed by atoms with Crippen LogP contribution in [0.3, 0.4) is 0 Å². The van der Waals surface area contributed by atoms with Gasteiger partial charge in [-0.1, -0.05) is 6.07 Å². The molecule has 0 unspecified atom stereocenters. The van der Waals surface area contributed by atoms with Gasteiger partial charge in [0.25, 0.3) is 0 Å². The summed E-state index contributed by atoms with van der Waals surface area (Å²) in [5.74, 6) is 1.01. The highest BCUT2D eigenvalue weighted by atomic mass is 16.3. The molecule has 0 atom stereocenters. The summed E-state index contributed by atoms with van der Waals surface area (Å²) in [5, 5.41) is 9.64. The van der Waals surface area contributed by atoms with E-state index in [1.807, 2.05) is 25.2 Å². The van der Waals surface area contributed by atoms with Crippen molar-refractivity contribution in [2.75, 3.05) is 45.2 Å². The van der Waals surface area contributed by atoms with Crippen molar-refractivity contribution >= 4 is 5.82 Å². The molecule has 0 aliphatic carbocycles. The number of hydrogen-bond donors (Lipinski definition) is 1. The first kappa shape index (κ1) is 16.7. The molecule has 2 aliphatic heterocycles. The molecule has 3 rings (SSSR count). The third-order valence-corrected chi connectivity index (χ3v) is 5.25. The summed E-state index contributed by atoms with van der Waals surface area (Å²) in [7, 11) is 4.04. The van der Waals surface area contributed by atoms with Crippen molar-refractivity contribution < 1.29 is 5.11 Å². The van der Waals surface area contributed by atoms with Gasteiger partial charge in [-0.25, -0.2) is 4.98 Å². The summed E-state index contributed by atoms with van der Waals surface area (Å²) in [4.78, 5) is 11.7. The molecular formula is C18H30N4O. The van der Waals surface area contributed by atoms with E-state index in [4.69, 9.17) is 0 Å². The molecular weight excluding hydrogens is 288 g/mol. The van der Waals surface area contributed by atoms with Crippen molar-refractivity contribution in [1.29, 1.82) is 0 Å². The van der Waals surface area contributed by atoms with E-state index in [9.17, 15) is 5.11 Å². The standard InChI is InChI=1S/C18H30N4O/c1-20(2)18-4-3-15(13-19-18)14-21-9-5-16(6-10-21)22-11-7-17(23)8-12-22/h3-4,13,16-17,23H,5-12,14H2,1-2H3. The lowest BCUT2D eigenvalue weighted by atomic mass is 9.98. The number of likely N-dealkylation sites (tertiary alicyclic amines) is 2. The van der Waals surface area contributed by atoms with Crippen LogP contribution in [0.25, 0.3) is 0 Å². The van der Waals surface area contributed by atoms with E-state index in [0.717, 1.165) is 38.3 Å². The number of anilines is 1. The van der Waals surface area contributed by atoms with Crippen molar-refractivity contribution in [2.24, 2.45) is 0 Å². The van der Waals surface area contributed by atoms with E-state index in [2.05, 4.69) is 26.9 Å². The smallest absolute Gasteiger partial charge is 0.127 e. The summed E-state index contributed by atoms with van der Waals surface area (Å²) in [6.07, 6.45) is 6.34. The summed E-state index contributed by atoms with van der Waals surface area (Å²) in [5.41, 5.74) is 1.30. The van der Waals surface area contributed by atoms with Crippen LogP contribution in [-0.2, 0) is 6.54 Å². The van der Waals surface area contributed by atoms with E-state index >= 15 is 0 Å². The SMILES string of the molecule is CN(C)c1ccc(CN2CCC(N3CCC(O)CC3)CC2)cn1. The van der Waals surface area contributed by atoms with Gasteiger partial charge in [0.2, 0.25) is 0 Å². The number of aromatic nitrogens is 1. The van der Waals surface area contributed by atoms with E-state index in [1.165, 1.54) is 31.5 Å². The van der Waals surface area contributed by atoms with Crippen molar-refractivity contribution in [3.8, 4) is 0 Å². The lowest BCUT2D eigenvalue weighted by molar-refractivity contribution is 0.0375. The molecule has 5 nitrogen and oxygen atoms in total. The zero-order chi connectivity index (χ0) is 16.2. The van der Waals surface area contributed by atoms with Crippen molar-refractivity contribution in [1.82, 2.24) is 14.8 Å². The number of nitrogens with zero attached hydrogens (tertiary/aromatic N) is 4. The Labute approximate surface area is 139 Å². The quantitative estimate of drug-likeness (QED) is 0.913. The summed E-state index contributed by atoms with van der Waals surface area (Å²) in [6, 6.07) is 5.01. The van der Waals surface area contributed by atoms with Gasteiger partial charge < -0.3 is 14.9 Å². The van der Waals surface area contributed by atoms with Crippen LogP contribution in [-0.4, -0.2) is 72.3 Å². The average molecular weight is 318 g/mol. The molecule has 0 bridgehead atoms. The van der Waals surface area contributed by atoms with Crippen LogP contribution in [0.1, 0.15) is 31.2 Å². The van der Waals surface area contributed by atoms with Gasteiger partial charge in [0, 0.05) is 46.0 Å². The Balaban J connectivity index is 1.45. The van der Waals surface area contributed by atoms with Gasteiger partial charge in [-0.3, -0.25) is 4.90 Å². The first-order chi connectivity index (χ1) is 11.1. The van der Waals surface area contributed by atoms with Crippen molar-refractivity contribution in [3.05, 3.63) is 23.9 Å². The van der Waals surface area contributed by atoms with Crippen LogP contribution in [0.4, 0.5) is 5.82 Å². The predicted octanol–water partition coefficient (Wildman–Crippen LogP) is 1.57. The monoisotopic (exact) mass is 318 g/mol. The molecule has 0 radical (unpaired) electrons. The second kappa shape index (κ2) is 7.60. The van der Waals surface area contributed by atoms with Gasteiger partial charge >= 0.3 is 0 Å². The van der Waals surface area contributed by atoms with Gasteiger partial charge in [0.05, 0.1) is 6.10 Å². The Kier molecular flexibility index (Phi) is 5.51. The van der Waals surface area contributed by atoms with E-state index in [0.29, 0.717) is 6.04 Å². The van der Waals surface area contributed by atoms with Crippen LogP contribution in [0.5, 0.6) is 0 Å². The van der Waals surface area contributed by atoms with Crippen LogP contribution in [0, 0.1) is 0 Å². The van der Waals surface area contributed by atoms with Crippen LogP contribution in [0.2, 0.25) is 0 Å². The summed E-state index contributed by atoms with van der Waals surface area (Å²) >= 11 is 0. The minimum absolute atomic E-state index is 0.0658. The summed E-state index contributed by atoms with van der Waals surface area (Å²) in [6.45, 7) is 5.48. The molecule has 0 saturated carbocycles. The number of piperidine rings is 2. The van der Waals surface area contributed by atoms with Gasteiger partial charge in [-0.15, -0.1) is 0 Å². The summed E-state index contributed by atoms with van der Waals surface area (Å²) < 4.78 is 0. The normalized spacial score (nSPS) is 22.4. The highest BCUT2D eigenvalue weighted by Crippen LogP contribution is 2.22. The third kappa shape index (κ3) is 4.43. The number of aliphatic hydroxyl groups excluding tert-OH is 1. The minimum atomic E-state index is -0.0658. The predicted molar refractivity (Wildman–Crippen MR) is 93.7 cm³/mol. The molecule has 0 amide bonds. The van der Waals surface area contributed by atoms with Gasteiger partial charge in [0.1, 0.15) is 5.82 Å². The van der Waals surface area contributed by atoms with Crippen LogP contribution < -0.4 is 4.90 Å². The molecule has 2 saturated heterocycles. The maximum atomic E-state index is 9.64. The van der Waals surface area contributed by atoms with Gasteiger partial charge in [0.15, 0.2) is 0 Å². The van der Waals surface area contributed by atoms with Gasteiger partial charge in [-0.05, 0) is 50.4 Å². The molecule has 2 aliphatic rings. The van der Waals surface area contributed by atoms with Crippen LogP contribution >= 0.6 is 0 Å². The topological polar surface area (TPSA) is 42.8 Å². The molecule has 0 spiro atoms. The Morgan fingerprint density at radius 3 is 2.35 bits per heavy atom. The molecule has 1 N–H and O–H groups in total. The number of aliphatic hydroxyl groups is 1. The van der Waals surface area contributed by atoms with Crippen molar-refractivity contribution in [3.63, 3.8) is 0 Å². The zero-order valence-corrected chi connectivity index (χ0v) is 14.5. The van der Waals surface area contributed by atoms with E-state index in [-0.39, 0.29) is 6.10 Å². The largest absolute Gasteiger partial charge is 0.393 e. The molecule has 2 fully saturated rings. The van der Waals surface area contributed by atoms with E-state index in [1.54, 1.807) is 0 Å². The molecule has 5 heteroatoms. The molecule has 23 heavy (non-hydrogen) atoms. The lowest BCUT2D eigenvalue weighted by Crippen LogP contribution is -2.48. The molecule has 0 aromatic carbocycles. The number of hydrogen-bond acceptors (Lipinski definition) is 5. The number of rotatable bonds is 4. The molecule has 1 aromatic heterocycles. The lowest BCUT2D eigenvalue weighted by Gasteiger charge is -2.41. The first-order valence-electron chi connectivity index (χ1n) is 8.88. The zero-order valence-electron chi connectivity index (χ0n) is 14.5. The fourth-order valence-corrected chi connectivity index (χ4v) is 3.73. The Hall–Kier alpha value is -1.17. The average Bonchev–Trinajstić information content (AvgIpc) is 2.57. The fourth-order valence-electron chi connectivity index (χ4n) is 3.73. The second-order valence-electron chi connectivity index (χ2n) is 7.19. The Morgan fingerprint density at radius 1 is 1.09 bits per heavy atom. The first-order valence-corrected chi connectivity index (χ1v) is 8.88. The third-order valence-electron chi connectivity index (χ3n) is 5.25. The van der Waals surface area contributed by atoms with Gasteiger partial charge in [-0.2, -0.15) is 0 Å². The second-order valence-corrected chi connectivity index (χ2v) is 7.19.